The van der Waals surface area contributed by atoms with Crippen molar-refractivity contribution in [1.29, 1.82) is 0 Å². The molecule has 1 aromatic rings. The highest BCUT2D eigenvalue weighted by Crippen LogP contribution is 2.62. The van der Waals surface area contributed by atoms with Gasteiger partial charge in [-0.05, 0) is 67.8 Å². The molecule has 0 amide bonds. The monoisotopic (exact) mass is 254 g/mol. The van der Waals surface area contributed by atoms with Gasteiger partial charge in [-0.25, -0.2) is 4.79 Å². The van der Waals surface area contributed by atoms with E-state index in [-0.39, 0.29) is 5.97 Å². The van der Waals surface area contributed by atoms with Crippen LogP contribution in [0.3, 0.4) is 0 Å². The molecule has 98 valence electrons. The molecule has 2 heteroatoms. The predicted octanol–water partition coefficient (Wildman–Crippen LogP) is 3.69. The average molecular weight is 254 g/mol. The van der Waals surface area contributed by atoms with Gasteiger partial charge in [-0.3, -0.25) is 0 Å². The van der Waals surface area contributed by atoms with Crippen LogP contribution in [0.4, 0.5) is 0 Å². The minimum absolute atomic E-state index is 0.137. The molecule has 0 atom stereocenters. The molecule has 0 spiro atoms. The first-order valence-corrected chi connectivity index (χ1v) is 7.59. The second kappa shape index (κ2) is 3.23. The van der Waals surface area contributed by atoms with Crippen LogP contribution in [0.15, 0.2) is 18.2 Å². The van der Waals surface area contributed by atoms with E-state index in [9.17, 15) is 4.79 Å². The predicted molar refractivity (Wildman–Crippen MR) is 71.3 cm³/mol. The summed E-state index contributed by atoms with van der Waals surface area (Å²) in [6.07, 6.45) is 8.34. The molecule has 5 aliphatic rings. The Balaban J connectivity index is 1.65. The summed E-state index contributed by atoms with van der Waals surface area (Å²) in [5.41, 5.74) is 2.50. The number of rotatable bonds is 1. The zero-order valence-electron chi connectivity index (χ0n) is 11.0. The van der Waals surface area contributed by atoms with Crippen molar-refractivity contribution >= 4 is 5.97 Å². The molecule has 0 aromatic heterocycles. The SMILES string of the molecule is O=C1Oc2c1cccc2C12CC3CC(CC(C3)C1)C2. The Bertz CT molecular complexity index is 552. The van der Waals surface area contributed by atoms with E-state index in [1.54, 1.807) is 0 Å². The van der Waals surface area contributed by atoms with Gasteiger partial charge in [0.1, 0.15) is 11.3 Å². The third-order valence-corrected chi connectivity index (χ3v) is 6.04. The summed E-state index contributed by atoms with van der Waals surface area (Å²) in [6.45, 7) is 0. The van der Waals surface area contributed by atoms with Gasteiger partial charge in [-0.15, -0.1) is 0 Å². The number of carbonyl (C=O) groups is 1. The van der Waals surface area contributed by atoms with Crippen molar-refractivity contribution in [2.75, 3.05) is 0 Å². The Hall–Kier alpha value is -1.31. The summed E-state index contributed by atoms with van der Waals surface area (Å²) in [6, 6.07) is 6.18. The second-order valence-electron chi connectivity index (χ2n) is 7.27. The maximum atomic E-state index is 11.5. The van der Waals surface area contributed by atoms with E-state index in [1.807, 2.05) is 12.1 Å². The van der Waals surface area contributed by atoms with Crippen molar-refractivity contribution in [3.05, 3.63) is 29.3 Å². The highest BCUT2D eigenvalue weighted by molar-refractivity contribution is 6.02. The van der Waals surface area contributed by atoms with E-state index in [2.05, 4.69) is 6.07 Å². The first kappa shape index (κ1) is 10.5. The molecule has 0 radical (unpaired) electrons. The molecule has 19 heavy (non-hydrogen) atoms. The maximum absolute atomic E-state index is 11.5. The van der Waals surface area contributed by atoms with E-state index >= 15 is 0 Å². The van der Waals surface area contributed by atoms with Gasteiger partial charge in [0.05, 0.1) is 0 Å². The van der Waals surface area contributed by atoms with Crippen molar-refractivity contribution in [3.8, 4) is 5.75 Å². The lowest BCUT2D eigenvalue weighted by Crippen LogP contribution is -2.49. The number of hydrogen-bond acceptors (Lipinski definition) is 2. The zero-order chi connectivity index (χ0) is 12.6. The number of benzene rings is 1. The minimum Gasteiger partial charge on any atom is -0.422 e. The van der Waals surface area contributed by atoms with E-state index in [4.69, 9.17) is 4.74 Å². The Kier molecular flexibility index (Phi) is 1.78. The third-order valence-electron chi connectivity index (χ3n) is 6.04. The lowest BCUT2D eigenvalue weighted by Gasteiger charge is -2.57. The van der Waals surface area contributed by atoms with Crippen LogP contribution in [0.1, 0.15) is 54.4 Å². The Morgan fingerprint density at radius 3 is 2.21 bits per heavy atom. The summed E-state index contributed by atoms with van der Waals surface area (Å²) in [5.74, 6) is 3.56. The van der Waals surface area contributed by atoms with Crippen molar-refractivity contribution in [1.82, 2.24) is 0 Å². The molecule has 4 bridgehead atoms. The normalized spacial score (nSPS) is 41.7. The van der Waals surface area contributed by atoms with Crippen LogP contribution >= 0.6 is 0 Å². The lowest BCUT2D eigenvalue weighted by molar-refractivity contribution is -0.00679. The van der Waals surface area contributed by atoms with E-state index in [1.165, 1.54) is 44.1 Å². The van der Waals surface area contributed by atoms with Crippen LogP contribution in [0.25, 0.3) is 0 Å². The van der Waals surface area contributed by atoms with Crippen LogP contribution in [0.2, 0.25) is 0 Å². The summed E-state index contributed by atoms with van der Waals surface area (Å²) < 4.78 is 5.37. The van der Waals surface area contributed by atoms with Gasteiger partial charge < -0.3 is 4.74 Å². The molecule has 0 saturated heterocycles. The molecule has 0 unspecified atom stereocenters. The maximum Gasteiger partial charge on any atom is 0.347 e. The molecule has 0 N–H and O–H groups in total. The summed E-state index contributed by atoms with van der Waals surface area (Å²) >= 11 is 0. The quantitative estimate of drug-likeness (QED) is 0.714. The van der Waals surface area contributed by atoms with Crippen molar-refractivity contribution < 1.29 is 9.53 Å². The van der Waals surface area contributed by atoms with E-state index in [0.717, 1.165) is 29.1 Å². The van der Waals surface area contributed by atoms with Gasteiger partial charge in [-0.2, -0.15) is 0 Å². The molecule has 4 aliphatic carbocycles. The number of hydrogen-bond donors (Lipinski definition) is 0. The standard InChI is InChI=1S/C17H18O2/c18-16-13-2-1-3-14(15(13)19-16)17-7-10-4-11(8-17)6-12(5-10)9-17/h1-3,10-12H,4-9H2. The van der Waals surface area contributed by atoms with Crippen LogP contribution in [0, 0.1) is 17.8 Å². The highest BCUT2D eigenvalue weighted by Gasteiger charge is 2.53. The molecule has 6 rings (SSSR count). The van der Waals surface area contributed by atoms with Gasteiger partial charge in [0.15, 0.2) is 0 Å². The fourth-order valence-electron chi connectivity index (χ4n) is 5.77. The number of ether oxygens (including phenoxy) is 1. The smallest absolute Gasteiger partial charge is 0.347 e. The average Bonchev–Trinajstić information content (AvgIpc) is 2.35. The summed E-state index contributed by atoms with van der Waals surface area (Å²) in [5, 5.41) is 0. The number of esters is 1. The molecule has 2 nitrogen and oxygen atoms in total. The number of fused-ring (bicyclic) bond motifs is 1. The molecule has 1 aliphatic heterocycles. The van der Waals surface area contributed by atoms with Crippen molar-refractivity contribution in [2.45, 2.75) is 43.9 Å². The molecule has 4 fully saturated rings. The van der Waals surface area contributed by atoms with Crippen molar-refractivity contribution in [3.63, 3.8) is 0 Å². The fraction of sp³-hybridized carbons (Fsp3) is 0.588. The second-order valence-corrected chi connectivity index (χ2v) is 7.27. The van der Waals surface area contributed by atoms with Gasteiger partial charge in [0, 0.05) is 5.56 Å². The summed E-state index contributed by atoms with van der Waals surface area (Å²) in [7, 11) is 0. The van der Waals surface area contributed by atoms with Gasteiger partial charge in [-0.1, -0.05) is 12.1 Å². The zero-order valence-corrected chi connectivity index (χ0v) is 11.0. The van der Waals surface area contributed by atoms with Crippen LogP contribution < -0.4 is 4.74 Å². The molecule has 1 aromatic carbocycles. The van der Waals surface area contributed by atoms with Gasteiger partial charge >= 0.3 is 5.97 Å². The van der Waals surface area contributed by atoms with E-state index in [0.29, 0.717) is 5.41 Å². The van der Waals surface area contributed by atoms with E-state index < -0.39 is 0 Å². The number of carbonyl (C=O) groups excluding carboxylic acids is 1. The van der Waals surface area contributed by atoms with Crippen LogP contribution in [-0.4, -0.2) is 5.97 Å². The Morgan fingerprint density at radius 1 is 1.00 bits per heavy atom. The fourth-order valence-corrected chi connectivity index (χ4v) is 5.77. The molecular weight excluding hydrogens is 236 g/mol. The summed E-state index contributed by atoms with van der Waals surface area (Å²) in [4.78, 5) is 11.5. The molecular formula is C17H18O2. The number of para-hydroxylation sites is 1. The third kappa shape index (κ3) is 1.25. The lowest BCUT2D eigenvalue weighted by atomic mass is 9.48. The van der Waals surface area contributed by atoms with Crippen molar-refractivity contribution in [2.24, 2.45) is 17.8 Å². The Labute approximate surface area is 113 Å². The molecule has 1 heterocycles. The van der Waals surface area contributed by atoms with Gasteiger partial charge in [0.2, 0.25) is 0 Å². The van der Waals surface area contributed by atoms with Gasteiger partial charge in [0.25, 0.3) is 0 Å². The minimum atomic E-state index is -0.137. The topological polar surface area (TPSA) is 26.3 Å². The van der Waals surface area contributed by atoms with Crippen LogP contribution in [-0.2, 0) is 5.41 Å². The van der Waals surface area contributed by atoms with Crippen LogP contribution in [0.5, 0.6) is 5.75 Å². The molecule has 4 saturated carbocycles. The Morgan fingerprint density at radius 2 is 1.63 bits per heavy atom. The highest BCUT2D eigenvalue weighted by atomic mass is 16.6. The largest absolute Gasteiger partial charge is 0.422 e. The first-order valence-electron chi connectivity index (χ1n) is 7.59. The first-order chi connectivity index (χ1) is 9.23.